The summed E-state index contributed by atoms with van der Waals surface area (Å²) in [7, 11) is -2.81. The molecule has 0 rings (SSSR count). The molecule has 80 valence electrons. The van der Waals surface area contributed by atoms with Gasteiger partial charge in [0.25, 0.3) is 0 Å². The molecule has 13 heavy (non-hydrogen) atoms. The molecule has 0 spiro atoms. The molecule has 0 amide bonds. The summed E-state index contributed by atoms with van der Waals surface area (Å²) in [5.74, 6) is 0.264. The second-order valence-electron chi connectivity index (χ2n) is 3.16. The number of sulfone groups is 1. The van der Waals surface area contributed by atoms with E-state index >= 15 is 0 Å². The van der Waals surface area contributed by atoms with Gasteiger partial charge in [-0.1, -0.05) is 22.9 Å². The zero-order valence-corrected chi connectivity index (χ0v) is 10.7. The fourth-order valence-corrected chi connectivity index (χ4v) is 2.16. The molecule has 0 aliphatic rings. The lowest BCUT2D eigenvalue weighted by atomic mass is 10.4. The Morgan fingerprint density at radius 2 is 1.85 bits per heavy atom. The number of halogens is 1. The van der Waals surface area contributed by atoms with Crippen molar-refractivity contribution in [3.63, 3.8) is 0 Å². The standard InChI is InChI=1S/C8H18BrNO2S/c1-3-5-10(6-4-9)7-8-13(2,11)12/h3-8H2,1-2H3. The first-order chi connectivity index (χ1) is 5.99. The Morgan fingerprint density at radius 1 is 1.23 bits per heavy atom. The van der Waals surface area contributed by atoms with Gasteiger partial charge in [0, 0.05) is 24.7 Å². The van der Waals surface area contributed by atoms with Crippen molar-refractivity contribution in [1.29, 1.82) is 0 Å². The summed E-state index contributed by atoms with van der Waals surface area (Å²) < 4.78 is 21.8. The summed E-state index contributed by atoms with van der Waals surface area (Å²) in [6.45, 7) is 4.64. The van der Waals surface area contributed by atoms with E-state index in [1.807, 2.05) is 0 Å². The molecule has 3 nitrogen and oxygen atoms in total. The maximum absolute atomic E-state index is 10.9. The largest absolute Gasteiger partial charge is 0.302 e. The molecule has 0 radical (unpaired) electrons. The van der Waals surface area contributed by atoms with E-state index in [2.05, 4.69) is 27.8 Å². The Hall–Kier alpha value is 0.390. The molecule has 0 bridgehead atoms. The van der Waals surface area contributed by atoms with Crippen LogP contribution in [0.4, 0.5) is 0 Å². The van der Waals surface area contributed by atoms with Gasteiger partial charge in [0.15, 0.2) is 0 Å². The quantitative estimate of drug-likeness (QED) is 0.652. The van der Waals surface area contributed by atoms with E-state index in [9.17, 15) is 8.42 Å². The first-order valence-corrected chi connectivity index (χ1v) is 7.64. The highest BCUT2D eigenvalue weighted by molar-refractivity contribution is 9.09. The predicted molar refractivity (Wildman–Crippen MR) is 60.2 cm³/mol. The van der Waals surface area contributed by atoms with Crippen molar-refractivity contribution < 1.29 is 8.42 Å². The highest BCUT2D eigenvalue weighted by Crippen LogP contribution is 1.95. The van der Waals surface area contributed by atoms with E-state index in [0.29, 0.717) is 6.54 Å². The van der Waals surface area contributed by atoms with Crippen LogP contribution >= 0.6 is 15.9 Å². The van der Waals surface area contributed by atoms with Crippen molar-refractivity contribution in [1.82, 2.24) is 4.90 Å². The molecule has 0 aromatic heterocycles. The number of alkyl halides is 1. The summed E-state index contributed by atoms with van der Waals surface area (Å²) in [4.78, 5) is 2.16. The van der Waals surface area contributed by atoms with Crippen molar-refractivity contribution >= 4 is 25.8 Å². The van der Waals surface area contributed by atoms with Crippen LogP contribution in [0.1, 0.15) is 13.3 Å². The van der Waals surface area contributed by atoms with Gasteiger partial charge in [0.1, 0.15) is 9.84 Å². The normalized spacial score (nSPS) is 12.3. The van der Waals surface area contributed by atoms with Crippen LogP contribution < -0.4 is 0 Å². The second-order valence-corrected chi connectivity index (χ2v) is 6.21. The monoisotopic (exact) mass is 271 g/mol. The van der Waals surface area contributed by atoms with Gasteiger partial charge >= 0.3 is 0 Å². The van der Waals surface area contributed by atoms with Gasteiger partial charge in [0.05, 0.1) is 5.75 Å². The Kier molecular flexibility index (Phi) is 6.99. The van der Waals surface area contributed by atoms with Crippen LogP contribution in [-0.2, 0) is 9.84 Å². The van der Waals surface area contributed by atoms with Crippen LogP contribution in [0, 0.1) is 0 Å². The Bertz CT molecular complexity index is 210. The SMILES string of the molecule is CCCN(CCBr)CCS(C)(=O)=O. The zero-order valence-electron chi connectivity index (χ0n) is 8.29. The van der Waals surface area contributed by atoms with E-state index in [1.54, 1.807) is 0 Å². The van der Waals surface area contributed by atoms with Gasteiger partial charge in [-0.05, 0) is 13.0 Å². The molecule has 0 aromatic carbocycles. The summed E-state index contributed by atoms with van der Waals surface area (Å²) in [5, 5.41) is 0.900. The second kappa shape index (κ2) is 6.79. The van der Waals surface area contributed by atoms with E-state index in [4.69, 9.17) is 0 Å². The van der Waals surface area contributed by atoms with Crippen molar-refractivity contribution in [3.8, 4) is 0 Å². The lowest BCUT2D eigenvalue weighted by Crippen LogP contribution is -2.31. The molecule has 0 saturated carbocycles. The highest BCUT2D eigenvalue weighted by Gasteiger charge is 2.07. The van der Waals surface area contributed by atoms with Crippen LogP contribution in [0.3, 0.4) is 0 Å². The smallest absolute Gasteiger partial charge is 0.148 e. The van der Waals surface area contributed by atoms with Crippen LogP contribution in [0.2, 0.25) is 0 Å². The summed E-state index contributed by atoms with van der Waals surface area (Å²) in [5.41, 5.74) is 0. The average molecular weight is 272 g/mol. The molecule has 0 aliphatic carbocycles. The molecule has 0 unspecified atom stereocenters. The van der Waals surface area contributed by atoms with Crippen LogP contribution in [0.15, 0.2) is 0 Å². The third-order valence-corrected chi connectivity index (χ3v) is 3.00. The molecule has 0 N–H and O–H groups in total. The molecule has 0 heterocycles. The van der Waals surface area contributed by atoms with Crippen LogP contribution in [-0.4, -0.2) is 50.3 Å². The summed E-state index contributed by atoms with van der Waals surface area (Å²) in [6, 6.07) is 0. The van der Waals surface area contributed by atoms with Crippen LogP contribution in [0.5, 0.6) is 0 Å². The minimum Gasteiger partial charge on any atom is -0.302 e. The number of rotatable bonds is 7. The van der Waals surface area contributed by atoms with Gasteiger partial charge in [-0.25, -0.2) is 8.42 Å². The molecule has 0 saturated heterocycles. The third kappa shape index (κ3) is 8.71. The third-order valence-electron chi connectivity index (χ3n) is 1.72. The van der Waals surface area contributed by atoms with Gasteiger partial charge in [-0.3, -0.25) is 0 Å². The average Bonchev–Trinajstić information content (AvgIpc) is 2.00. The number of nitrogens with zero attached hydrogens (tertiary/aromatic N) is 1. The Labute approximate surface area is 89.5 Å². The van der Waals surface area contributed by atoms with Gasteiger partial charge in [-0.15, -0.1) is 0 Å². The first kappa shape index (κ1) is 13.4. The van der Waals surface area contributed by atoms with Gasteiger partial charge in [-0.2, -0.15) is 0 Å². The highest BCUT2D eigenvalue weighted by atomic mass is 79.9. The van der Waals surface area contributed by atoms with Crippen molar-refractivity contribution in [3.05, 3.63) is 0 Å². The molecule has 0 fully saturated rings. The van der Waals surface area contributed by atoms with E-state index in [0.717, 1.165) is 24.8 Å². The molecule has 5 heteroatoms. The van der Waals surface area contributed by atoms with E-state index < -0.39 is 9.84 Å². The van der Waals surface area contributed by atoms with Gasteiger partial charge < -0.3 is 4.90 Å². The lowest BCUT2D eigenvalue weighted by Gasteiger charge is -2.19. The number of hydrogen-bond acceptors (Lipinski definition) is 3. The minimum absolute atomic E-state index is 0.264. The van der Waals surface area contributed by atoms with E-state index in [-0.39, 0.29) is 5.75 Å². The first-order valence-electron chi connectivity index (χ1n) is 4.45. The van der Waals surface area contributed by atoms with Crippen molar-refractivity contribution in [2.24, 2.45) is 0 Å². The molecule has 0 aromatic rings. The minimum atomic E-state index is -2.81. The van der Waals surface area contributed by atoms with Crippen molar-refractivity contribution in [2.45, 2.75) is 13.3 Å². The number of hydrogen-bond donors (Lipinski definition) is 0. The Morgan fingerprint density at radius 3 is 2.23 bits per heavy atom. The van der Waals surface area contributed by atoms with E-state index in [1.165, 1.54) is 6.26 Å². The molecule has 0 aliphatic heterocycles. The molecular formula is C8H18BrNO2S. The fraction of sp³-hybridized carbons (Fsp3) is 1.00. The van der Waals surface area contributed by atoms with Crippen LogP contribution in [0.25, 0.3) is 0 Å². The maximum Gasteiger partial charge on any atom is 0.148 e. The lowest BCUT2D eigenvalue weighted by molar-refractivity contribution is 0.308. The molecule has 0 atom stereocenters. The fourth-order valence-electron chi connectivity index (χ4n) is 1.07. The van der Waals surface area contributed by atoms with Crippen molar-refractivity contribution in [2.75, 3.05) is 37.0 Å². The zero-order chi connectivity index (χ0) is 10.3. The van der Waals surface area contributed by atoms with Gasteiger partial charge in [0.2, 0.25) is 0 Å². The summed E-state index contributed by atoms with van der Waals surface area (Å²) >= 11 is 3.35. The topological polar surface area (TPSA) is 37.4 Å². The predicted octanol–water partition coefficient (Wildman–Crippen LogP) is 1.14. The Balaban J connectivity index is 3.81. The maximum atomic E-state index is 10.9. The summed E-state index contributed by atoms with van der Waals surface area (Å²) in [6.07, 6.45) is 2.35. The molecular weight excluding hydrogens is 254 g/mol.